The average molecular weight is 249 g/mol. The number of hydrogen-bond acceptors (Lipinski definition) is 4. The second-order valence-electron chi connectivity index (χ2n) is 4.01. The Kier molecular flexibility index (Phi) is 4.48. The number of aromatic nitrogens is 1. The molecule has 3 N–H and O–H groups in total. The lowest BCUT2D eigenvalue weighted by Gasteiger charge is -2.02. The Morgan fingerprint density at radius 3 is 2.33 bits per heavy atom. The lowest BCUT2D eigenvalue weighted by molar-refractivity contribution is -0.113. The highest BCUT2D eigenvalue weighted by Gasteiger charge is 2.08. The number of carbonyl (C=O) groups is 1. The van der Waals surface area contributed by atoms with E-state index < -0.39 is 0 Å². The number of allylic oxidation sites excluding steroid dienone is 3. The predicted molar refractivity (Wildman–Crippen MR) is 67.6 cm³/mol. The summed E-state index contributed by atoms with van der Waals surface area (Å²) in [6.45, 7) is 3.61. The summed E-state index contributed by atoms with van der Waals surface area (Å²) in [5.74, 6) is -0.639. The van der Waals surface area contributed by atoms with Crippen molar-refractivity contribution >= 4 is 5.78 Å². The Labute approximate surface area is 104 Å². The standard InChI is InChI=1S/C7H8O2.C6H7NO2/c1-5-2-3-6(8)7(9)4-5;1-4-2-5(8)6(9)3-7-4/h3-4,8H,2H2,1H3;2-3,9H,1H3,(H,7,8). The minimum absolute atomic E-state index is 0.124. The number of aromatic hydroxyl groups is 1. The number of aliphatic hydroxyl groups is 1. The number of pyridine rings is 1. The third-order valence-electron chi connectivity index (χ3n) is 2.28. The molecule has 1 aliphatic carbocycles. The summed E-state index contributed by atoms with van der Waals surface area (Å²) in [5, 5.41) is 17.5. The molecule has 96 valence electrons. The average Bonchev–Trinajstić information content (AvgIpc) is 2.30. The maximum Gasteiger partial charge on any atom is 0.223 e. The van der Waals surface area contributed by atoms with Crippen molar-refractivity contribution in [2.75, 3.05) is 0 Å². The van der Waals surface area contributed by atoms with E-state index in [0.29, 0.717) is 6.42 Å². The minimum atomic E-state index is -0.341. The molecule has 0 bridgehead atoms. The van der Waals surface area contributed by atoms with Crippen molar-refractivity contribution in [3.8, 4) is 5.75 Å². The molecule has 1 aromatic heterocycles. The normalized spacial score (nSPS) is 14.2. The van der Waals surface area contributed by atoms with Crippen LogP contribution in [0, 0.1) is 6.92 Å². The van der Waals surface area contributed by atoms with Gasteiger partial charge in [0.2, 0.25) is 11.2 Å². The first-order valence-electron chi connectivity index (χ1n) is 5.39. The van der Waals surface area contributed by atoms with Crippen LogP contribution in [0.5, 0.6) is 5.75 Å². The topological polar surface area (TPSA) is 90.4 Å². The molecule has 0 radical (unpaired) electrons. The van der Waals surface area contributed by atoms with Crippen molar-refractivity contribution in [1.29, 1.82) is 0 Å². The Morgan fingerprint density at radius 1 is 1.22 bits per heavy atom. The van der Waals surface area contributed by atoms with Crippen LogP contribution in [0.4, 0.5) is 0 Å². The number of rotatable bonds is 0. The van der Waals surface area contributed by atoms with Gasteiger partial charge in [-0.2, -0.15) is 0 Å². The quantitative estimate of drug-likeness (QED) is 0.653. The number of carbonyl (C=O) groups excluding carboxylic acids is 1. The largest absolute Gasteiger partial charge is 0.504 e. The Morgan fingerprint density at radius 2 is 1.89 bits per heavy atom. The zero-order valence-electron chi connectivity index (χ0n) is 10.2. The smallest absolute Gasteiger partial charge is 0.223 e. The molecule has 0 saturated carbocycles. The molecule has 1 heterocycles. The van der Waals surface area contributed by atoms with Gasteiger partial charge in [0.05, 0.1) is 0 Å². The van der Waals surface area contributed by atoms with Gasteiger partial charge in [-0.3, -0.25) is 9.59 Å². The van der Waals surface area contributed by atoms with Gasteiger partial charge in [-0.25, -0.2) is 0 Å². The molecule has 2 rings (SSSR count). The first-order chi connectivity index (χ1) is 8.40. The van der Waals surface area contributed by atoms with Crippen molar-refractivity contribution in [3.05, 3.63) is 51.7 Å². The van der Waals surface area contributed by atoms with Crippen molar-refractivity contribution < 1.29 is 15.0 Å². The van der Waals surface area contributed by atoms with E-state index in [9.17, 15) is 9.59 Å². The molecule has 0 fully saturated rings. The summed E-state index contributed by atoms with van der Waals surface area (Å²) in [5.41, 5.74) is 1.40. The SMILES string of the molecule is CC1=CC(=O)C(O)=CC1.Cc1cc(=O)c(O)c[nH]1. The number of aliphatic hydroxyl groups excluding tert-OH is 1. The molecule has 0 amide bonds. The molecular formula is C13H15NO4. The maximum absolute atomic E-state index is 10.6. The van der Waals surface area contributed by atoms with Crippen molar-refractivity contribution in [1.82, 2.24) is 4.98 Å². The third-order valence-corrected chi connectivity index (χ3v) is 2.28. The van der Waals surface area contributed by atoms with E-state index >= 15 is 0 Å². The second kappa shape index (κ2) is 5.86. The zero-order chi connectivity index (χ0) is 13.7. The fraction of sp³-hybridized carbons (Fsp3) is 0.231. The third kappa shape index (κ3) is 3.93. The van der Waals surface area contributed by atoms with Gasteiger partial charge in [-0.05, 0) is 32.4 Å². The van der Waals surface area contributed by atoms with Gasteiger partial charge >= 0.3 is 0 Å². The number of nitrogens with one attached hydrogen (secondary N) is 1. The summed E-state index contributed by atoms with van der Waals surface area (Å²) in [6, 6.07) is 1.34. The van der Waals surface area contributed by atoms with Crippen LogP contribution in [-0.2, 0) is 4.79 Å². The molecule has 0 saturated heterocycles. The second-order valence-corrected chi connectivity index (χ2v) is 4.01. The van der Waals surface area contributed by atoms with Crippen LogP contribution in [0.1, 0.15) is 19.0 Å². The molecule has 0 spiro atoms. The Hall–Kier alpha value is -2.30. The van der Waals surface area contributed by atoms with Gasteiger partial charge in [0, 0.05) is 18.0 Å². The number of hydrogen-bond donors (Lipinski definition) is 3. The van der Waals surface area contributed by atoms with Crippen LogP contribution in [0.2, 0.25) is 0 Å². The molecule has 0 aromatic carbocycles. The van der Waals surface area contributed by atoms with Gasteiger partial charge in [-0.15, -0.1) is 0 Å². The molecule has 0 aliphatic heterocycles. The number of H-pyrrole nitrogens is 1. The fourth-order valence-corrected chi connectivity index (χ4v) is 1.28. The van der Waals surface area contributed by atoms with E-state index in [1.165, 1.54) is 24.4 Å². The highest BCUT2D eigenvalue weighted by Crippen LogP contribution is 2.10. The van der Waals surface area contributed by atoms with Crippen molar-refractivity contribution in [2.45, 2.75) is 20.3 Å². The first-order valence-corrected chi connectivity index (χ1v) is 5.39. The summed E-state index contributed by atoms with van der Waals surface area (Å²) in [4.78, 5) is 23.9. The highest BCUT2D eigenvalue weighted by atomic mass is 16.3. The van der Waals surface area contributed by atoms with Crippen LogP contribution in [-0.4, -0.2) is 21.0 Å². The molecule has 5 heteroatoms. The van der Waals surface area contributed by atoms with Gasteiger partial charge < -0.3 is 15.2 Å². The molecular weight excluding hydrogens is 234 g/mol. The molecule has 5 nitrogen and oxygen atoms in total. The van der Waals surface area contributed by atoms with Crippen LogP contribution in [0.25, 0.3) is 0 Å². The van der Waals surface area contributed by atoms with E-state index in [4.69, 9.17) is 10.2 Å². The number of ketones is 1. The lowest BCUT2D eigenvalue weighted by Crippen LogP contribution is -2.02. The summed E-state index contributed by atoms with van der Waals surface area (Å²) < 4.78 is 0. The van der Waals surface area contributed by atoms with E-state index in [1.807, 2.05) is 6.92 Å². The van der Waals surface area contributed by atoms with Crippen LogP contribution in [0.3, 0.4) is 0 Å². The first kappa shape index (κ1) is 13.8. The van der Waals surface area contributed by atoms with Gasteiger partial charge in [-0.1, -0.05) is 5.57 Å². The van der Waals surface area contributed by atoms with Gasteiger partial charge in [0.25, 0.3) is 0 Å². The summed E-state index contributed by atoms with van der Waals surface area (Å²) >= 11 is 0. The van der Waals surface area contributed by atoms with Gasteiger partial charge in [0.15, 0.2) is 11.5 Å². The number of aryl methyl sites for hydroxylation is 1. The Bertz CT molecular complexity index is 567. The van der Waals surface area contributed by atoms with Crippen LogP contribution in [0.15, 0.2) is 40.5 Å². The van der Waals surface area contributed by atoms with Crippen LogP contribution < -0.4 is 5.43 Å². The minimum Gasteiger partial charge on any atom is -0.504 e. The molecule has 18 heavy (non-hydrogen) atoms. The monoisotopic (exact) mass is 249 g/mol. The van der Waals surface area contributed by atoms with E-state index in [1.54, 1.807) is 6.92 Å². The van der Waals surface area contributed by atoms with E-state index in [2.05, 4.69) is 4.98 Å². The van der Waals surface area contributed by atoms with Crippen molar-refractivity contribution in [2.24, 2.45) is 0 Å². The number of aromatic amines is 1. The van der Waals surface area contributed by atoms with E-state index in [0.717, 1.165) is 11.3 Å². The van der Waals surface area contributed by atoms with Crippen molar-refractivity contribution in [3.63, 3.8) is 0 Å². The zero-order valence-corrected chi connectivity index (χ0v) is 10.2. The summed E-state index contributed by atoms with van der Waals surface area (Å²) in [6.07, 6.45) is 4.95. The van der Waals surface area contributed by atoms with Crippen LogP contribution >= 0.6 is 0 Å². The fourth-order valence-electron chi connectivity index (χ4n) is 1.28. The molecule has 0 unspecified atom stereocenters. The molecule has 0 atom stereocenters. The lowest BCUT2D eigenvalue weighted by atomic mass is 10.1. The highest BCUT2D eigenvalue weighted by molar-refractivity contribution is 6.03. The van der Waals surface area contributed by atoms with E-state index in [-0.39, 0.29) is 22.7 Å². The molecule has 1 aliphatic rings. The molecule has 1 aromatic rings. The maximum atomic E-state index is 10.6. The predicted octanol–water partition coefficient (Wildman–Crippen LogP) is 1.74. The van der Waals surface area contributed by atoms with Gasteiger partial charge in [0.1, 0.15) is 0 Å². The Balaban J connectivity index is 0.000000180. The summed E-state index contributed by atoms with van der Waals surface area (Å²) in [7, 11) is 0.